The molecule has 1 aromatic heterocycles. The Kier molecular flexibility index (Phi) is 7.37. The van der Waals surface area contributed by atoms with E-state index in [1.807, 2.05) is 30.6 Å². The first-order chi connectivity index (χ1) is 9.86. The number of hydrogen-bond donors (Lipinski definition) is 2. The summed E-state index contributed by atoms with van der Waals surface area (Å²) < 4.78 is 28.9. The highest BCUT2D eigenvalue weighted by atomic mass is 32.2. The van der Waals surface area contributed by atoms with Crippen LogP contribution in [0.3, 0.4) is 0 Å². The minimum Gasteiger partial charge on any atom is -0.352 e. The molecule has 2 N–H and O–H groups in total. The molecule has 0 unspecified atom stereocenters. The van der Waals surface area contributed by atoms with E-state index in [2.05, 4.69) is 17.0 Å². The summed E-state index contributed by atoms with van der Waals surface area (Å²) in [6, 6.07) is 1.73. The molecule has 0 saturated heterocycles. The van der Waals surface area contributed by atoms with Gasteiger partial charge in [0.1, 0.15) is 0 Å². The molecule has 1 heterocycles. The summed E-state index contributed by atoms with van der Waals surface area (Å²) in [4.78, 5) is 2.37. The quantitative estimate of drug-likeness (QED) is 0.625. The second-order valence-corrected chi connectivity index (χ2v) is 7.28. The minimum atomic E-state index is -3.41. The summed E-state index contributed by atoms with van der Waals surface area (Å²) in [5.41, 5.74) is 0.970. The van der Waals surface area contributed by atoms with Gasteiger partial charge in [0.25, 0.3) is 0 Å². The molecule has 7 heteroatoms. The van der Waals surface area contributed by atoms with Crippen LogP contribution in [0.15, 0.2) is 17.2 Å². The Hall–Kier alpha value is -0.890. The van der Waals surface area contributed by atoms with Crippen molar-refractivity contribution in [2.24, 2.45) is 7.05 Å². The predicted octanol–water partition coefficient (Wildman–Crippen LogP) is 0.755. The van der Waals surface area contributed by atoms with Gasteiger partial charge in [0, 0.05) is 32.0 Å². The molecular formula is C14H28N4O2S. The summed E-state index contributed by atoms with van der Waals surface area (Å²) in [7, 11) is 2.41. The molecule has 21 heavy (non-hydrogen) atoms. The monoisotopic (exact) mass is 316 g/mol. The molecule has 0 spiro atoms. The summed E-state index contributed by atoms with van der Waals surface area (Å²) in [6.45, 7) is 5.03. The molecule has 0 radical (unpaired) electrons. The van der Waals surface area contributed by atoms with Crippen LogP contribution in [0.2, 0.25) is 0 Å². The number of nitrogens with zero attached hydrogens (tertiary/aromatic N) is 2. The topological polar surface area (TPSA) is 66.4 Å². The Morgan fingerprint density at radius 2 is 2.00 bits per heavy atom. The molecule has 0 aliphatic heterocycles. The third-order valence-corrected chi connectivity index (χ3v) is 4.63. The van der Waals surface area contributed by atoms with Crippen LogP contribution >= 0.6 is 0 Å². The molecule has 0 bridgehead atoms. The van der Waals surface area contributed by atoms with Crippen LogP contribution < -0.4 is 10.0 Å². The Labute approximate surface area is 128 Å². The van der Waals surface area contributed by atoms with Gasteiger partial charge in [0.15, 0.2) is 0 Å². The first-order valence-corrected chi connectivity index (χ1v) is 8.85. The van der Waals surface area contributed by atoms with Crippen molar-refractivity contribution in [3.8, 4) is 0 Å². The van der Waals surface area contributed by atoms with E-state index in [-0.39, 0.29) is 0 Å². The number of aromatic nitrogens is 1. The van der Waals surface area contributed by atoms with Gasteiger partial charge in [-0.1, -0.05) is 6.92 Å². The van der Waals surface area contributed by atoms with Gasteiger partial charge in [-0.05, 0) is 46.1 Å². The zero-order valence-electron chi connectivity index (χ0n) is 13.5. The van der Waals surface area contributed by atoms with Crippen molar-refractivity contribution < 1.29 is 8.42 Å². The molecular weight excluding hydrogens is 288 g/mol. The van der Waals surface area contributed by atoms with E-state index in [1.54, 1.807) is 12.3 Å². The fraction of sp³-hybridized carbons (Fsp3) is 0.714. The molecule has 1 aromatic rings. The first kappa shape index (κ1) is 18.2. The Morgan fingerprint density at radius 1 is 1.29 bits per heavy atom. The Bertz CT molecular complexity index is 523. The van der Waals surface area contributed by atoms with Crippen molar-refractivity contribution >= 4 is 10.0 Å². The zero-order chi connectivity index (χ0) is 15.9. The Balaban J connectivity index is 2.60. The number of sulfonamides is 1. The number of nitrogens with one attached hydrogen (secondary N) is 2. The molecule has 0 fully saturated rings. The number of aryl methyl sites for hydroxylation is 1. The fourth-order valence-electron chi connectivity index (χ4n) is 1.98. The average molecular weight is 316 g/mol. The lowest BCUT2D eigenvalue weighted by Crippen LogP contribution is -2.27. The van der Waals surface area contributed by atoms with Crippen molar-refractivity contribution in [3.05, 3.63) is 18.0 Å². The minimum absolute atomic E-state index is 0.336. The van der Waals surface area contributed by atoms with Gasteiger partial charge in [-0.2, -0.15) is 0 Å². The molecule has 6 nitrogen and oxygen atoms in total. The SMILES string of the molecule is CCCNCc1cc(S(=O)(=O)NCCCN(C)C)cn1C. The van der Waals surface area contributed by atoms with E-state index in [0.29, 0.717) is 18.0 Å². The lowest BCUT2D eigenvalue weighted by atomic mass is 10.4. The molecule has 0 aliphatic rings. The van der Waals surface area contributed by atoms with Crippen LogP contribution in [0, 0.1) is 0 Å². The summed E-state index contributed by atoms with van der Waals surface area (Å²) in [6.07, 6.45) is 3.52. The first-order valence-electron chi connectivity index (χ1n) is 7.37. The largest absolute Gasteiger partial charge is 0.352 e. The van der Waals surface area contributed by atoms with Crippen LogP contribution in [-0.2, 0) is 23.6 Å². The highest BCUT2D eigenvalue weighted by molar-refractivity contribution is 7.89. The van der Waals surface area contributed by atoms with Crippen molar-refractivity contribution in [3.63, 3.8) is 0 Å². The van der Waals surface area contributed by atoms with Gasteiger partial charge in [0.2, 0.25) is 10.0 Å². The Morgan fingerprint density at radius 3 is 2.62 bits per heavy atom. The molecule has 0 atom stereocenters. The van der Waals surface area contributed by atoms with Crippen LogP contribution in [-0.4, -0.2) is 51.6 Å². The van der Waals surface area contributed by atoms with E-state index >= 15 is 0 Å². The second-order valence-electron chi connectivity index (χ2n) is 5.51. The van der Waals surface area contributed by atoms with Crippen LogP contribution in [0.4, 0.5) is 0 Å². The summed E-state index contributed by atoms with van der Waals surface area (Å²) in [5, 5.41) is 3.28. The lowest BCUT2D eigenvalue weighted by molar-refractivity contribution is 0.400. The normalized spacial score (nSPS) is 12.2. The van der Waals surface area contributed by atoms with Crippen LogP contribution in [0.1, 0.15) is 25.5 Å². The molecule has 1 rings (SSSR count). The summed E-state index contributed by atoms with van der Waals surface area (Å²) in [5.74, 6) is 0. The fourth-order valence-corrected chi connectivity index (χ4v) is 3.15. The molecule has 0 aliphatic carbocycles. The van der Waals surface area contributed by atoms with E-state index in [1.165, 1.54) is 0 Å². The lowest BCUT2D eigenvalue weighted by Gasteiger charge is -2.09. The molecule has 0 saturated carbocycles. The standard InChI is InChI=1S/C14H28N4O2S/c1-5-7-15-11-13-10-14(12-18(13)4)21(19,20)16-8-6-9-17(2)3/h10,12,15-16H,5-9,11H2,1-4H3. The zero-order valence-corrected chi connectivity index (χ0v) is 14.3. The van der Waals surface area contributed by atoms with E-state index in [4.69, 9.17) is 0 Å². The van der Waals surface area contributed by atoms with E-state index < -0.39 is 10.0 Å². The number of hydrogen-bond acceptors (Lipinski definition) is 4. The van der Waals surface area contributed by atoms with Crippen molar-refractivity contribution in [1.82, 2.24) is 19.5 Å². The maximum absolute atomic E-state index is 12.2. The molecule has 122 valence electrons. The highest BCUT2D eigenvalue weighted by Gasteiger charge is 2.16. The van der Waals surface area contributed by atoms with E-state index in [9.17, 15) is 8.42 Å². The highest BCUT2D eigenvalue weighted by Crippen LogP contribution is 2.13. The maximum atomic E-state index is 12.2. The van der Waals surface area contributed by atoms with Crippen LogP contribution in [0.5, 0.6) is 0 Å². The van der Waals surface area contributed by atoms with Gasteiger partial charge < -0.3 is 14.8 Å². The van der Waals surface area contributed by atoms with Gasteiger partial charge in [-0.25, -0.2) is 13.1 Å². The van der Waals surface area contributed by atoms with Crippen molar-refractivity contribution in [2.45, 2.75) is 31.2 Å². The van der Waals surface area contributed by atoms with Gasteiger partial charge >= 0.3 is 0 Å². The third kappa shape index (κ3) is 6.17. The average Bonchev–Trinajstić information content (AvgIpc) is 2.77. The van der Waals surface area contributed by atoms with E-state index in [0.717, 1.165) is 31.6 Å². The van der Waals surface area contributed by atoms with Gasteiger partial charge in [0.05, 0.1) is 4.90 Å². The van der Waals surface area contributed by atoms with Crippen LogP contribution in [0.25, 0.3) is 0 Å². The second kappa shape index (κ2) is 8.53. The number of rotatable bonds is 10. The third-order valence-electron chi connectivity index (χ3n) is 3.20. The van der Waals surface area contributed by atoms with Gasteiger partial charge in [-0.3, -0.25) is 0 Å². The smallest absolute Gasteiger partial charge is 0.242 e. The molecule has 0 amide bonds. The van der Waals surface area contributed by atoms with Crippen molar-refractivity contribution in [2.75, 3.05) is 33.7 Å². The predicted molar refractivity (Wildman–Crippen MR) is 85.8 cm³/mol. The van der Waals surface area contributed by atoms with Crippen molar-refractivity contribution in [1.29, 1.82) is 0 Å². The maximum Gasteiger partial charge on any atom is 0.242 e. The summed E-state index contributed by atoms with van der Waals surface area (Å²) >= 11 is 0. The van der Waals surface area contributed by atoms with Gasteiger partial charge in [-0.15, -0.1) is 0 Å². The molecule has 0 aromatic carbocycles.